The van der Waals surface area contributed by atoms with Crippen LogP contribution in [0.1, 0.15) is 40.4 Å². The third kappa shape index (κ3) is 4.43. The van der Waals surface area contributed by atoms with Crippen LogP contribution in [0.4, 0.5) is 10.1 Å². The third-order valence-corrected chi connectivity index (χ3v) is 6.72. The minimum Gasteiger partial charge on any atom is -0.477 e. The lowest BCUT2D eigenvalue weighted by Gasteiger charge is -2.36. The molecule has 0 unspecified atom stereocenters. The first-order chi connectivity index (χ1) is 16.4. The molecule has 1 aliphatic heterocycles. The van der Waals surface area contributed by atoms with Crippen LogP contribution in [-0.2, 0) is 17.9 Å². The van der Waals surface area contributed by atoms with Crippen LogP contribution in [-0.4, -0.2) is 53.8 Å². The predicted octanol–water partition coefficient (Wildman–Crippen LogP) is 3.64. The molecule has 1 N–H and O–H groups in total. The number of hydrogen-bond acceptors (Lipinski definition) is 5. The lowest BCUT2D eigenvalue weighted by Crippen LogP contribution is -2.46. The number of hydrogen-bond donors (Lipinski definition) is 1. The van der Waals surface area contributed by atoms with E-state index in [9.17, 15) is 14.7 Å². The van der Waals surface area contributed by atoms with Gasteiger partial charge < -0.3 is 19.3 Å². The van der Waals surface area contributed by atoms with E-state index in [4.69, 9.17) is 4.74 Å². The van der Waals surface area contributed by atoms with Gasteiger partial charge in [-0.15, -0.1) is 0 Å². The van der Waals surface area contributed by atoms with Crippen LogP contribution in [0, 0.1) is 5.82 Å². The molecule has 0 bridgehead atoms. The summed E-state index contributed by atoms with van der Waals surface area (Å²) in [6, 6.07) is 11.5. The molecule has 5 rings (SSSR count). The Morgan fingerprint density at radius 1 is 1.09 bits per heavy atom. The van der Waals surface area contributed by atoms with E-state index in [0.29, 0.717) is 30.9 Å². The summed E-state index contributed by atoms with van der Waals surface area (Å²) >= 11 is 0. The van der Waals surface area contributed by atoms with E-state index >= 15 is 4.39 Å². The Morgan fingerprint density at radius 3 is 2.38 bits per heavy atom. The highest BCUT2D eigenvalue weighted by Crippen LogP contribution is 2.38. The number of piperazine rings is 1. The molecule has 8 heteroatoms. The van der Waals surface area contributed by atoms with Crippen LogP contribution in [0.15, 0.2) is 47.4 Å². The van der Waals surface area contributed by atoms with Gasteiger partial charge in [0.25, 0.3) is 0 Å². The van der Waals surface area contributed by atoms with E-state index in [2.05, 4.69) is 29.2 Å². The van der Waals surface area contributed by atoms with Crippen molar-refractivity contribution >= 4 is 22.6 Å². The number of carboxylic acids is 1. The van der Waals surface area contributed by atoms with Crippen molar-refractivity contribution < 1.29 is 19.0 Å². The Hall–Kier alpha value is -3.23. The summed E-state index contributed by atoms with van der Waals surface area (Å²) < 4.78 is 22.2. The molecule has 34 heavy (non-hydrogen) atoms. The zero-order valence-electron chi connectivity index (χ0n) is 19.2. The third-order valence-electron chi connectivity index (χ3n) is 6.72. The minimum absolute atomic E-state index is 0.128. The maximum absolute atomic E-state index is 15.1. The van der Waals surface area contributed by atoms with Crippen molar-refractivity contribution in [1.82, 2.24) is 9.47 Å². The first kappa shape index (κ1) is 22.6. The van der Waals surface area contributed by atoms with Crippen molar-refractivity contribution in [1.29, 1.82) is 0 Å². The second-order valence-corrected chi connectivity index (χ2v) is 9.15. The number of ether oxygens (including phenoxy) is 1. The standard InChI is InChI=1S/C26H28FN3O4/c1-34-16-18-4-2-17(3-5-18)14-28-8-10-29(11-9-28)24-13-23-20(12-22(24)27)25(31)21(26(32)33)15-30(23)19-6-7-19/h2-5,12-13,15,19H,6-11,14,16H2,1H3,(H,32,33). The predicted molar refractivity (Wildman–Crippen MR) is 128 cm³/mol. The maximum atomic E-state index is 15.1. The Balaban J connectivity index is 1.35. The Bertz CT molecular complexity index is 1280. The number of fused-ring (bicyclic) bond motifs is 1. The summed E-state index contributed by atoms with van der Waals surface area (Å²) in [6.45, 7) is 4.37. The van der Waals surface area contributed by atoms with Gasteiger partial charge in [0.1, 0.15) is 11.4 Å². The number of anilines is 1. The van der Waals surface area contributed by atoms with Crippen LogP contribution in [0.25, 0.3) is 10.9 Å². The minimum atomic E-state index is -1.28. The summed E-state index contributed by atoms with van der Waals surface area (Å²) in [5.41, 5.74) is 2.50. The molecule has 0 spiro atoms. The van der Waals surface area contributed by atoms with Crippen molar-refractivity contribution in [3.63, 3.8) is 0 Å². The van der Waals surface area contributed by atoms with E-state index in [1.54, 1.807) is 13.2 Å². The second kappa shape index (κ2) is 9.19. The maximum Gasteiger partial charge on any atom is 0.341 e. The number of aromatic carboxylic acids is 1. The number of pyridine rings is 1. The molecule has 2 fully saturated rings. The normalized spacial score (nSPS) is 16.8. The molecular formula is C26H28FN3O4. The molecular weight excluding hydrogens is 437 g/mol. The lowest BCUT2D eigenvalue weighted by atomic mass is 10.1. The Kier molecular flexibility index (Phi) is 6.10. The summed E-state index contributed by atoms with van der Waals surface area (Å²) in [5.74, 6) is -1.77. The molecule has 2 aromatic carbocycles. The number of carboxylic acid groups (broad SMARTS) is 1. The van der Waals surface area contributed by atoms with E-state index in [0.717, 1.165) is 38.0 Å². The van der Waals surface area contributed by atoms with E-state index in [1.165, 1.54) is 17.8 Å². The van der Waals surface area contributed by atoms with Crippen molar-refractivity contribution in [3.05, 3.63) is 75.3 Å². The van der Waals surface area contributed by atoms with Gasteiger partial charge in [-0.05, 0) is 36.1 Å². The second-order valence-electron chi connectivity index (χ2n) is 9.15. The first-order valence-electron chi connectivity index (χ1n) is 11.6. The zero-order chi connectivity index (χ0) is 23.8. The zero-order valence-corrected chi connectivity index (χ0v) is 19.2. The van der Waals surface area contributed by atoms with Crippen LogP contribution in [0.5, 0.6) is 0 Å². The smallest absolute Gasteiger partial charge is 0.341 e. The molecule has 1 aromatic heterocycles. The number of nitrogens with zero attached hydrogens (tertiary/aromatic N) is 3. The van der Waals surface area contributed by atoms with Gasteiger partial charge in [-0.25, -0.2) is 9.18 Å². The Morgan fingerprint density at radius 2 is 1.76 bits per heavy atom. The van der Waals surface area contributed by atoms with Gasteiger partial charge in [0.15, 0.2) is 0 Å². The fraction of sp³-hybridized carbons (Fsp3) is 0.385. The molecule has 7 nitrogen and oxygen atoms in total. The number of methoxy groups -OCH3 is 1. The topological polar surface area (TPSA) is 75.0 Å². The molecule has 0 radical (unpaired) electrons. The van der Waals surface area contributed by atoms with Crippen LogP contribution in [0.3, 0.4) is 0 Å². The van der Waals surface area contributed by atoms with Gasteiger partial charge in [-0.2, -0.15) is 0 Å². The molecule has 3 aromatic rings. The average molecular weight is 466 g/mol. The highest BCUT2D eigenvalue weighted by Gasteiger charge is 2.28. The van der Waals surface area contributed by atoms with E-state index in [1.807, 2.05) is 9.47 Å². The highest BCUT2D eigenvalue weighted by atomic mass is 19.1. The SMILES string of the molecule is COCc1ccc(CN2CCN(c3cc4c(cc3F)c(=O)c(C(=O)O)cn4C3CC3)CC2)cc1. The van der Waals surface area contributed by atoms with Crippen molar-refractivity contribution in [3.8, 4) is 0 Å². The summed E-state index contributed by atoms with van der Waals surface area (Å²) in [7, 11) is 1.68. The van der Waals surface area contributed by atoms with E-state index < -0.39 is 17.2 Å². The van der Waals surface area contributed by atoms with Gasteiger partial charge in [-0.3, -0.25) is 9.69 Å². The quantitative estimate of drug-likeness (QED) is 0.574. The molecule has 0 atom stereocenters. The molecule has 1 aliphatic carbocycles. The van der Waals surface area contributed by atoms with Gasteiger partial charge in [0.2, 0.25) is 5.43 Å². The lowest BCUT2D eigenvalue weighted by molar-refractivity contribution is 0.0695. The van der Waals surface area contributed by atoms with Crippen LogP contribution in [0.2, 0.25) is 0 Å². The molecule has 178 valence electrons. The monoisotopic (exact) mass is 465 g/mol. The number of aromatic nitrogens is 1. The Labute approximate surface area is 197 Å². The first-order valence-corrected chi connectivity index (χ1v) is 11.6. The number of halogens is 1. The van der Waals surface area contributed by atoms with Gasteiger partial charge >= 0.3 is 5.97 Å². The molecule has 1 saturated carbocycles. The summed E-state index contributed by atoms with van der Waals surface area (Å²) in [5, 5.41) is 9.55. The molecule has 2 heterocycles. The highest BCUT2D eigenvalue weighted by molar-refractivity contribution is 5.93. The average Bonchev–Trinajstić information content (AvgIpc) is 3.67. The number of benzene rings is 2. The number of carbonyl (C=O) groups is 1. The van der Waals surface area contributed by atoms with Crippen molar-refractivity contribution in [2.75, 3.05) is 38.2 Å². The van der Waals surface area contributed by atoms with Gasteiger partial charge in [-0.1, -0.05) is 24.3 Å². The van der Waals surface area contributed by atoms with Gasteiger partial charge in [0, 0.05) is 57.5 Å². The van der Waals surface area contributed by atoms with Crippen molar-refractivity contribution in [2.45, 2.75) is 32.0 Å². The van der Waals surface area contributed by atoms with Gasteiger partial charge in [0.05, 0.1) is 17.8 Å². The summed E-state index contributed by atoms with van der Waals surface area (Å²) in [4.78, 5) is 28.6. The van der Waals surface area contributed by atoms with E-state index in [-0.39, 0.29) is 17.0 Å². The number of rotatable bonds is 7. The fourth-order valence-corrected chi connectivity index (χ4v) is 4.72. The molecule has 2 aliphatic rings. The van der Waals surface area contributed by atoms with Crippen LogP contribution < -0.4 is 10.3 Å². The molecule has 1 saturated heterocycles. The largest absolute Gasteiger partial charge is 0.477 e. The molecule has 0 amide bonds. The van der Waals surface area contributed by atoms with Crippen LogP contribution >= 0.6 is 0 Å². The summed E-state index contributed by atoms with van der Waals surface area (Å²) in [6.07, 6.45) is 3.27. The van der Waals surface area contributed by atoms with Crippen molar-refractivity contribution in [2.24, 2.45) is 0 Å². The fourth-order valence-electron chi connectivity index (χ4n) is 4.72.